The zero-order valence-corrected chi connectivity index (χ0v) is 11.5. The van der Waals surface area contributed by atoms with Crippen LogP contribution < -0.4 is 5.32 Å². The molecule has 3 rings (SSSR count). The van der Waals surface area contributed by atoms with Crippen molar-refractivity contribution in [2.75, 3.05) is 18.4 Å². The summed E-state index contributed by atoms with van der Waals surface area (Å²) in [5, 5.41) is 3.17. The second-order valence-corrected chi connectivity index (χ2v) is 4.77. The molecule has 1 N–H and O–H groups in total. The van der Waals surface area contributed by atoms with Crippen LogP contribution in [0.1, 0.15) is 31.5 Å². The molecule has 104 valence electrons. The van der Waals surface area contributed by atoms with Crippen LogP contribution in [0.3, 0.4) is 0 Å². The van der Waals surface area contributed by atoms with Gasteiger partial charge >= 0.3 is 0 Å². The molecule has 6 nitrogen and oxygen atoms in total. The fourth-order valence-corrected chi connectivity index (χ4v) is 2.67. The molecule has 0 aromatic carbocycles. The van der Waals surface area contributed by atoms with E-state index in [-0.39, 0.29) is 0 Å². The third-order valence-corrected chi connectivity index (χ3v) is 3.61. The molecule has 2 aromatic rings. The van der Waals surface area contributed by atoms with E-state index in [1.807, 2.05) is 0 Å². The van der Waals surface area contributed by atoms with Crippen LogP contribution in [0.15, 0.2) is 30.9 Å². The molecule has 0 spiro atoms. The number of hydrogen-bond donors (Lipinski definition) is 1. The van der Waals surface area contributed by atoms with Gasteiger partial charge in [0.25, 0.3) is 0 Å². The molecule has 1 atom stereocenters. The fraction of sp³-hybridized carbons (Fsp3) is 0.429. The van der Waals surface area contributed by atoms with Gasteiger partial charge in [0, 0.05) is 24.8 Å². The maximum atomic E-state index is 4.53. The molecule has 0 aliphatic carbocycles. The van der Waals surface area contributed by atoms with Gasteiger partial charge in [-0.05, 0) is 32.0 Å². The lowest BCUT2D eigenvalue weighted by Crippen LogP contribution is -2.24. The molecule has 0 saturated carbocycles. The molecule has 6 heteroatoms. The molecule has 0 radical (unpaired) electrons. The van der Waals surface area contributed by atoms with Gasteiger partial charge in [0.2, 0.25) is 5.95 Å². The summed E-state index contributed by atoms with van der Waals surface area (Å²) in [5.41, 5.74) is 0.985. The van der Waals surface area contributed by atoms with Crippen molar-refractivity contribution in [2.45, 2.75) is 25.8 Å². The Balaban J connectivity index is 1.88. The second-order valence-electron chi connectivity index (χ2n) is 4.77. The summed E-state index contributed by atoms with van der Waals surface area (Å²) in [6, 6.07) is 2.12. The van der Waals surface area contributed by atoms with Crippen LogP contribution in [0.5, 0.6) is 0 Å². The molecule has 1 aliphatic heterocycles. The van der Waals surface area contributed by atoms with Gasteiger partial charge < -0.3 is 5.32 Å². The normalized spacial score (nSPS) is 19.1. The highest BCUT2D eigenvalue weighted by Gasteiger charge is 2.28. The Kier molecular flexibility index (Phi) is 3.83. The van der Waals surface area contributed by atoms with Crippen LogP contribution in [-0.2, 0) is 0 Å². The van der Waals surface area contributed by atoms with Gasteiger partial charge in [0.15, 0.2) is 5.82 Å². The Morgan fingerprint density at radius 2 is 1.95 bits per heavy atom. The van der Waals surface area contributed by atoms with Crippen molar-refractivity contribution in [1.29, 1.82) is 0 Å². The average Bonchev–Trinajstić information content (AvgIpc) is 2.97. The first kappa shape index (κ1) is 12.9. The number of anilines is 2. The second kappa shape index (κ2) is 5.92. The molecular formula is C14H18N6. The van der Waals surface area contributed by atoms with Gasteiger partial charge in [-0.2, -0.15) is 0 Å². The van der Waals surface area contributed by atoms with E-state index >= 15 is 0 Å². The SMILES string of the molecule is CCN1CCCC1c1nccnc1Nc1ncccn1. The Bertz CT molecular complexity index is 559. The standard InChI is InChI=1S/C14H18N6/c1-2-20-10-3-5-11(20)12-13(16-9-8-15-12)19-14-17-6-4-7-18-14/h4,6-9,11H,2-3,5,10H2,1H3,(H,16,17,18,19). The zero-order chi connectivity index (χ0) is 13.8. The molecular weight excluding hydrogens is 252 g/mol. The van der Waals surface area contributed by atoms with Gasteiger partial charge in [0.1, 0.15) is 5.69 Å². The smallest absolute Gasteiger partial charge is 0.228 e. The third-order valence-electron chi connectivity index (χ3n) is 3.61. The lowest BCUT2D eigenvalue weighted by atomic mass is 10.1. The minimum atomic E-state index is 0.333. The number of likely N-dealkylation sites (tertiary alicyclic amines) is 1. The van der Waals surface area contributed by atoms with Crippen LogP contribution in [0.2, 0.25) is 0 Å². The van der Waals surface area contributed by atoms with Crippen molar-refractivity contribution < 1.29 is 0 Å². The van der Waals surface area contributed by atoms with Gasteiger partial charge in [-0.3, -0.25) is 9.88 Å². The molecule has 0 amide bonds. The monoisotopic (exact) mass is 270 g/mol. The van der Waals surface area contributed by atoms with Crippen LogP contribution in [-0.4, -0.2) is 37.9 Å². The summed E-state index contributed by atoms with van der Waals surface area (Å²) >= 11 is 0. The molecule has 20 heavy (non-hydrogen) atoms. The summed E-state index contributed by atoms with van der Waals surface area (Å²) < 4.78 is 0. The van der Waals surface area contributed by atoms with Gasteiger partial charge in [-0.1, -0.05) is 6.92 Å². The summed E-state index contributed by atoms with van der Waals surface area (Å²) in [5.74, 6) is 1.30. The van der Waals surface area contributed by atoms with E-state index in [1.54, 1.807) is 30.9 Å². The number of hydrogen-bond acceptors (Lipinski definition) is 6. The molecule has 2 aromatic heterocycles. The van der Waals surface area contributed by atoms with E-state index in [0.29, 0.717) is 12.0 Å². The predicted molar refractivity (Wildman–Crippen MR) is 76.6 cm³/mol. The molecule has 1 aliphatic rings. The van der Waals surface area contributed by atoms with E-state index in [2.05, 4.69) is 37.1 Å². The summed E-state index contributed by atoms with van der Waals surface area (Å²) in [4.78, 5) is 19.7. The zero-order valence-electron chi connectivity index (χ0n) is 11.5. The van der Waals surface area contributed by atoms with Crippen LogP contribution in [0.4, 0.5) is 11.8 Å². The fourth-order valence-electron chi connectivity index (χ4n) is 2.67. The highest BCUT2D eigenvalue weighted by molar-refractivity contribution is 5.51. The Morgan fingerprint density at radius 1 is 1.15 bits per heavy atom. The van der Waals surface area contributed by atoms with E-state index < -0.39 is 0 Å². The molecule has 1 unspecified atom stereocenters. The quantitative estimate of drug-likeness (QED) is 0.918. The van der Waals surface area contributed by atoms with E-state index in [1.165, 1.54) is 6.42 Å². The topological polar surface area (TPSA) is 66.8 Å². The first-order valence-electron chi connectivity index (χ1n) is 6.97. The Hall–Kier alpha value is -2.08. The van der Waals surface area contributed by atoms with E-state index in [9.17, 15) is 0 Å². The first-order valence-corrected chi connectivity index (χ1v) is 6.97. The highest BCUT2D eigenvalue weighted by Crippen LogP contribution is 2.33. The van der Waals surface area contributed by atoms with Crippen LogP contribution in [0, 0.1) is 0 Å². The number of nitrogens with one attached hydrogen (secondary N) is 1. The van der Waals surface area contributed by atoms with E-state index in [0.717, 1.165) is 31.0 Å². The van der Waals surface area contributed by atoms with Crippen LogP contribution >= 0.6 is 0 Å². The Morgan fingerprint density at radius 3 is 2.75 bits per heavy atom. The summed E-state index contributed by atoms with van der Waals surface area (Å²) in [6.45, 7) is 4.34. The van der Waals surface area contributed by atoms with Crippen molar-refractivity contribution in [3.8, 4) is 0 Å². The maximum absolute atomic E-state index is 4.53. The minimum Gasteiger partial charge on any atom is -0.307 e. The van der Waals surface area contributed by atoms with E-state index in [4.69, 9.17) is 0 Å². The number of nitrogens with zero attached hydrogens (tertiary/aromatic N) is 5. The largest absolute Gasteiger partial charge is 0.307 e. The lowest BCUT2D eigenvalue weighted by Gasteiger charge is -2.23. The molecule has 1 saturated heterocycles. The van der Waals surface area contributed by atoms with Gasteiger partial charge in [0.05, 0.1) is 6.04 Å². The van der Waals surface area contributed by atoms with Crippen molar-refractivity contribution in [3.05, 3.63) is 36.5 Å². The number of rotatable bonds is 4. The van der Waals surface area contributed by atoms with Gasteiger partial charge in [-0.15, -0.1) is 0 Å². The summed E-state index contributed by atoms with van der Waals surface area (Å²) in [6.07, 6.45) is 9.18. The highest BCUT2D eigenvalue weighted by atomic mass is 15.2. The maximum Gasteiger partial charge on any atom is 0.228 e. The van der Waals surface area contributed by atoms with Crippen LogP contribution in [0.25, 0.3) is 0 Å². The molecule has 1 fully saturated rings. The van der Waals surface area contributed by atoms with Crippen molar-refractivity contribution in [1.82, 2.24) is 24.8 Å². The third kappa shape index (κ3) is 2.60. The first-order chi connectivity index (χ1) is 9.88. The van der Waals surface area contributed by atoms with Crippen molar-refractivity contribution >= 4 is 11.8 Å². The average molecular weight is 270 g/mol. The van der Waals surface area contributed by atoms with Crippen molar-refractivity contribution in [3.63, 3.8) is 0 Å². The lowest BCUT2D eigenvalue weighted by molar-refractivity contribution is 0.267. The van der Waals surface area contributed by atoms with Crippen molar-refractivity contribution in [2.24, 2.45) is 0 Å². The molecule has 0 bridgehead atoms. The minimum absolute atomic E-state index is 0.333. The number of aromatic nitrogens is 4. The predicted octanol–water partition coefficient (Wildman–Crippen LogP) is 2.17. The van der Waals surface area contributed by atoms with Gasteiger partial charge in [-0.25, -0.2) is 15.0 Å². The molecule has 3 heterocycles. The summed E-state index contributed by atoms with van der Waals surface area (Å²) in [7, 11) is 0. The Labute approximate surface area is 118 Å².